The maximum Gasteiger partial charge on any atom is 0.239 e. The van der Waals surface area contributed by atoms with Gasteiger partial charge in [-0.05, 0) is 30.4 Å². The normalized spacial score (nSPS) is 32.4. The Labute approximate surface area is 150 Å². The van der Waals surface area contributed by atoms with Crippen LogP contribution in [0.5, 0.6) is 0 Å². The fourth-order valence-corrected chi connectivity index (χ4v) is 4.63. The number of halogens is 2. The van der Waals surface area contributed by atoms with E-state index in [-0.39, 0.29) is 10.7 Å². The van der Waals surface area contributed by atoms with E-state index < -0.39 is 27.9 Å². The highest BCUT2D eigenvalue weighted by Gasteiger charge is 2.76. The SMILES string of the molecule is CC12CCC(C(=O)Nc3cccc(Cl)c3Cl)(C(=O)/C1=N\O)C2(C)C. The highest BCUT2D eigenvalue weighted by Crippen LogP contribution is 2.69. The molecule has 2 saturated carbocycles. The first-order valence-electron chi connectivity index (χ1n) is 7.66. The molecule has 0 radical (unpaired) electrons. The Morgan fingerprint density at radius 1 is 1.25 bits per heavy atom. The van der Waals surface area contributed by atoms with Crippen molar-refractivity contribution in [2.45, 2.75) is 33.6 Å². The molecule has 2 N–H and O–H groups in total. The molecule has 1 aromatic rings. The van der Waals surface area contributed by atoms with Crippen molar-refractivity contribution in [3.8, 4) is 0 Å². The summed E-state index contributed by atoms with van der Waals surface area (Å²) in [6, 6.07) is 4.92. The van der Waals surface area contributed by atoms with Gasteiger partial charge in [-0.15, -0.1) is 0 Å². The Kier molecular flexibility index (Phi) is 3.74. The fourth-order valence-electron chi connectivity index (χ4n) is 4.28. The number of Topliss-reactive ketones (excluding diaryl/α,β-unsaturated/α-hetero) is 1. The molecule has 5 nitrogen and oxygen atoms in total. The number of anilines is 1. The second-order valence-electron chi connectivity index (χ2n) is 7.20. The molecule has 2 aliphatic carbocycles. The van der Waals surface area contributed by atoms with Crippen LogP contribution in [0.2, 0.25) is 10.0 Å². The van der Waals surface area contributed by atoms with Gasteiger partial charge in [0.15, 0.2) is 5.78 Å². The van der Waals surface area contributed by atoms with Crippen LogP contribution in [0.4, 0.5) is 5.69 Å². The lowest BCUT2D eigenvalue weighted by Gasteiger charge is -2.37. The molecule has 0 spiro atoms. The molecule has 1 aromatic carbocycles. The van der Waals surface area contributed by atoms with Crippen LogP contribution in [0.1, 0.15) is 33.6 Å². The van der Waals surface area contributed by atoms with Gasteiger partial charge in [-0.25, -0.2) is 0 Å². The van der Waals surface area contributed by atoms with Crippen LogP contribution < -0.4 is 5.32 Å². The molecule has 2 fully saturated rings. The van der Waals surface area contributed by atoms with Crippen LogP contribution in [0.15, 0.2) is 23.4 Å². The molecule has 2 bridgehead atoms. The largest absolute Gasteiger partial charge is 0.411 e. The number of nitrogens with zero attached hydrogens (tertiary/aromatic N) is 1. The standard InChI is InChI=1S/C17H18Cl2N2O3/c1-15(2)16(3)7-8-17(15,13(22)12(16)21-24)14(23)20-10-6-4-5-9(18)11(10)19/h4-6,24H,7-8H2,1-3H3,(H,20,23)/b21-12+. The molecule has 1 amide bonds. The van der Waals surface area contributed by atoms with Gasteiger partial charge in [0, 0.05) is 5.41 Å². The maximum absolute atomic E-state index is 13.1. The summed E-state index contributed by atoms with van der Waals surface area (Å²) in [6.07, 6.45) is 1.00. The van der Waals surface area contributed by atoms with E-state index in [9.17, 15) is 14.8 Å². The van der Waals surface area contributed by atoms with Gasteiger partial charge in [0.05, 0.1) is 15.7 Å². The van der Waals surface area contributed by atoms with Gasteiger partial charge in [0.1, 0.15) is 11.1 Å². The Morgan fingerprint density at radius 2 is 1.92 bits per heavy atom. The van der Waals surface area contributed by atoms with Crippen LogP contribution in [0, 0.1) is 16.2 Å². The van der Waals surface area contributed by atoms with Crippen molar-refractivity contribution >= 4 is 46.3 Å². The summed E-state index contributed by atoms with van der Waals surface area (Å²) in [6.45, 7) is 5.61. The zero-order valence-electron chi connectivity index (χ0n) is 13.6. The van der Waals surface area contributed by atoms with Crippen molar-refractivity contribution < 1.29 is 14.8 Å². The third-order valence-corrected chi connectivity index (χ3v) is 7.08. The molecule has 7 heteroatoms. The average molecular weight is 369 g/mol. The minimum absolute atomic E-state index is 0.0751. The van der Waals surface area contributed by atoms with E-state index in [0.29, 0.717) is 23.6 Å². The van der Waals surface area contributed by atoms with Gasteiger partial charge >= 0.3 is 0 Å². The molecule has 2 atom stereocenters. The number of nitrogens with one attached hydrogen (secondary N) is 1. The number of hydrogen-bond donors (Lipinski definition) is 2. The summed E-state index contributed by atoms with van der Waals surface area (Å²) in [7, 11) is 0. The first-order valence-corrected chi connectivity index (χ1v) is 8.42. The third kappa shape index (κ3) is 1.80. The van der Waals surface area contributed by atoms with Gasteiger partial charge in [-0.1, -0.05) is 55.2 Å². The Hall–Kier alpha value is -1.59. The molecule has 3 rings (SSSR count). The quantitative estimate of drug-likeness (QED) is 0.467. The fraction of sp³-hybridized carbons (Fsp3) is 0.471. The van der Waals surface area contributed by atoms with Crippen molar-refractivity contribution in [2.75, 3.05) is 5.32 Å². The molecule has 0 aromatic heterocycles. The smallest absolute Gasteiger partial charge is 0.239 e. The number of amides is 1. The molecule has 0 saturated heterocycles. The summed E-state index contributed by atoms with van der Waals surface area (Å²) < 4.78 is 0. The van der Waals surface area contributed by atoms with Crippen LogP contribution in [0.3, 0.4) is 0 Å². The highest BCUT2D eigenvalue weighted by molar-refractivity contribution is 6.51. The van der Waals surface area contributed by atoms with E-state index in [0.717, 1.165) is 0 Å². The summed E-state index contributed by atoms with van der Waals surface area (Å²) in [5, 5.41) is 15.8. The summed E-state index contributed by atoms with van der Waals surface area (Å²) in [5.41, 5.74) is -2.18. The van der Waals surface area contributed by atoms with Gasteiger partial charge < -0.3 is 10.5 Å². The number of carbonyl (C=O) groups excluding carboxylic acids is 2. The van der Waals surface area contributed by atoms with E-state index in [1.54, 1.807) is 18.2 Å². The second-order valence-corrected chi connectivity index (χ2v) is 7.98. The Bertz CT molecular complexity index is 790. The minimum atomic E-state index is -1.28. The summed E-state index contributed by atoms with van der Waals surface area (Å²) >= 11 is 12.1. The van der Waals surface area contributed by atoms with Gasteiger partial charge in [-0.3, -0.25) is 9.59 Å². The number of benzene rings is 1. The third-order valence-electron chi connectivity index (χ3n) is 6.26. The number of rotatable bonds is 2. The topological polar surface area (TPSA) is 78.8 Å². The number of ketones is 1. The predicted octanol–water partition coefficient (Wildman–Crippen LogP) is 4.16. The van der Waals surface area contributed by atoms with E-state index in [2.05, 4.69) is 10.5 Å². The van der Waals surface area contributed by atoms with Gasteiger partial charge in [0.2, 0.25) is 5.91 Å². The van der Waals surface area contributed by atoms with Crippen molar-refractivity contribution in [3.05, 3.63) is 28.2 Å². The number of fused-ring (bicyclic) bond motifs is 2. The zero-order chi connectivity index (χ0) is 17.9. The average Bonchev–Trinajstić information content (AvgIpc) is 2.80. The molecule has 2 unspecified atom stereocenters. The van der Waals surface area contributed by atoms with Crippen molar-refractivity contribution in [1.82, 2.24) is 0 Å². The van der Waals surface area contributed by atoms with E-state index in [4.69, 9.17) is 23.2 Å². The Balaban J connectivity index is 2.06. The lowest BCUT2D eigenvalue weighted by atomic mass is 9.64. The van der Waals surface area contributed by atoms with Crippen LogP contribution in [0.25, 0.3) is 0 Å². The highest BCUT2D eigenvalue weighted by atomic mass is 35.5. The summed E-state index contributed by atoms with van der Waals surface area (Å²) in [4.78, 5) is 26.0. The maximum atomic E-state index is 13.1. The number of oxime groups is 1. The lowest BCUT2D eigenvalue weighted by Crippen LogP contribution is -2.47. The molecule has 0 heterocycles. The van der Waals surface area contributed by atoms with Crippen molar-refractivity contribution in [3.63, 3.8) is 0 Å². The lowest BCUT2D eigenvalue weighted by molar-refractivity contribution is -0.140. The molecular formula is C17H18Cl2N2O3. The van der Waals surface area contributed by atoms with Crippen LogP contribution in [-0.2, 0) is 9.59 Å². The van der Waals surface area contributed by atoms with Gasteiger partial charge in [0.25, 0.3) is 0 Å². The molecule has 128 valence electrons. The molecule has 24 heavy (non-hydrogen) atoms. The molecule has 2 aliphatic rings. The summed E-state index contributed by atoms with van der Waals surface area (Å²) in [5.74, 6) is -0.858. The first kappa shape index (κ1) is 17.2. The monoisotopic (exact) mass is 368 g/mol. The first-order chi connectivity index (χ1) is 11.1. The zero-order valence-corrected chi connectivity index (χ0v) is 15.1. The van der Waals surface area contributed by atoms with Crippen LogP contribution in [-0.4, -0.2) is 22.6 Å². The molecular weight excluding hydrogens is 351 g/mol. The molecule has 0 aliphatic heterocycles. The van der Waals surface area contributed by atoms with Crippen molar-refractivity contribution in [2.24, 2.45) is 21.4 Å². The minimum Gasteiger partial charge on any atom is -0.411 e. The van der Waals surface area contributed by atoms with Gasteiger partial charge in [-0.2, -0.15) is 0 Å². The Morgan fingerprint density at radius 3 is 2.50 bits per heavy atom. The predicted molar refractivity (Wildman–Crippen MR) is 92.9 cm³/mol. The van der Waals surface area contributed by atoms with Crippen molar-refractivity contribution in [1.29, 1.82) is 0 Å². The number of hydrogen-bond acceptors (Lipinski definition) is 4. The number of carbonyl (C=O) groups is 2. The van der Waals surface area contributed by atoms with E-state index in [1.807, 2.05) is 20.8 Å². The van der Waals surface area contributed by atoms with E-state index >= 15 is 0 Å². The van der Waals surface area contributed by atoms with E-state index in [1.165, 1.54) is 0 Å². The van der Waals surface area contributed by atoms with Crippen LogP contribution >= 0.6 is 23.2 Å². The second kappa shape index (κ2) is 5.20.